The quantitative estimate of drug-likeness (QED) is 0.305. The first kappa shape index (κ1) is 22.6. The molecule has 3 aromatic carbocycles. The number of ketones is 1. The Kier molecular flexibility index (Phi) is 6.52. The lowest BCUT2D eigenvalue weighted by atomic mass is 9.79. The van der Waals surface area contributed by atoms with Gasteiger partial charge < -0.3 is 5.11 Å². The SMILES string of the molecule is C[N+](C(=O)CCC1CCc2c(cccc2C(=O)C(=O)O)C1)(c1ccccc1)c1ccccc1. The number of rotatable bonds is 7. The molecule has 33 heavy (non-hydrogen) atoms. The Morgan fingerprint density at radius 3 is 2.06 bits per heavy atom. The van der Waals surface area contributed by atoms with Gasteiger partial charge in [0.15, 0.2) is 0 Å². The molecule has 1 atom stereocenters. The number of quaternary nitrogens is 1. The van der Waals surface area contributed by atoms with E-state index in [-0.39, 0.29) is 10.4 Å². The van der Waals surface area contributed by atoms with E-state index in [0.717, 1.165) is 41.8 Å². The number of carboxylic acids is 1. The van der Waals surface area contributed by atoms with Gasteiger partial charge in [-0.05, 0) is 42.7 Å². The normalized spacial score (nSPS) is 15.5. The number of benzene rings is 3. The Morgan fingerprint density at radius 1 is 0.879 bits per heavy atom. The van der Waals surface area contributed by atoms with Crippen molar-refractivity contribution < 1.29 is 19.5 Å². The zero-order valence-electron chi connectivity index (χ0n) is 18.7. The van der Waals surface area contributed by atoms with Gasteiger partial charge in [0.2, 0.25) is 0 Å². The lowest BCUT2D eigenvalue weighted by Crippen LogP contribution is -2.46. The highest BCUT2D eigenvalue weighted by molar-refractivity contribution is 6.40. The van der Waals surface area contributed by atoms with Crippen LogP contribution in [-0.2, 0) is 22.4 Å². The topological polar surface area (TPSA) is 71.4 Å². The molecule has 1 N–H and O–H groups in total. The highest BCUT2D eigenvalue weighted by Gasteiger charge is 2.37. The Hall–Kier alpha value is -3.57. The highest BCUT2D eigenvalue weighted by atomic mass is 16.4. The van der Waals surface area contributed by atoms with Crippen molar-refractivity contribution in [2.75, 3.05) is 7.05 Å². The van der Waals surface area contributed by atoms with E-state index in [2.05, 4.69) is 0 Å². The van der Waals surface area contributed by atoms with E-state index in [9.17, 15) is 14.4 Å². The van der Waals surface area contributed by atoms with E-state index in [0.29, 0.717) is 24.3 Å². The predicted octanol–water partition coefficient (Wildman–Crippen LogP) is 5.33. The summed E-state index contributed by atoms with van der Waals surface area (Å²) in [6.07, 6.45) is 3.44. The van der Waals surface area contributed by atoms with Crippen LogP contribution in [0.4, 0.5) is 11.4 Å². The van der Waals surface area contributed by atoms with Crippen molar-refractivity contribution in [2.45, 2.75) is 32.1 Å². The van der Waals surface area contributed by atoms with Crippen molar-refractivity contribution in [1.82, 2.24) is 4.48 Å². The second-order valence-electron chi connectivity index (χ2n) is 8.80. The first-order valence-corrected chi connectivity index (χ1v) is 11.3. The summed E-state index contributed by atoms with van der Waals surface area (Å²) < 4.78 is 0.113. The molecule has 0 spiro atoms. The Bertz CT molecular complexity index is 1130. The van der Waals surface area contributed by atoms with Crippen LogP contribution in [0.3, 0.4) is 0 Å². The fourth-order valence-electron chi connectivity index (χ4n) is 4.90. The smallest absolute Gasteiger partial charge is 0.377 e. The zero-order chi connectivity index (χ0) is 23.4. The Labute approximate surface area is 193 Å². The first-order chi connectivity index (χ1) is 15.9. The van der Waals surface area contributed by atoms with Crippen molar-refractivity contribution in [3.8, 4) is 0 Å². The fraction of sp³-hybridized carbons (Fsp3) is 0.250. The van der Waals surface area contributed by atoms with E-state index in [1.54, 1.807) is 12.1 Å². The molecule has 0 radical (unpaired) electrons. The minimum atomic E-state index is -1.42. The van der Waals surface area contributed by atoms with Crippen LogP contribution < -0.4 is 4.48 Å². The molecule has 3 aromatic rings. The molecule has 0 fully saturated rings. The molecule has 0 aromatic heterocycles. The third-order valence-corrected chi connectivity index (χ3v) is 6.83. The molecule has 1 amide bonds. The molecular weight excluding hydrogens is 414 g/mol. The molecule has 1 aliphatic rings. The highest BCUT2D eigenvalue weighted by Crippen LogP contribution is 2.36. The minimum absolute atomic E-state index is 0.113. The minimum Gasteiger partial charge on any atom is -0.475 e. The number of carbonyl (C=O) groups excluding carboxylic acids is 2. The lowest BCUT2D eigenvalue weighted by Gasteiger charge is -2.32. The van der Waals surface area contributed by atoms with Gasteiger partial charge in [0.1, 0.15) is 11.4 Å². The summed E-state index contributed by atoms with van der Waals surface area (Å²) in [5.41, 5.74) is 4.03. The molecular formula is C28H28NO4+. The summed E-state index contributed by atoms with van der Waals surface area (Å²) in [5.74, 6) is -1.82. The van der Waals surface area contributed by atoms with Gasteiger partial charge in [-0.25, -0.2) is 9.59 Å². The summed E-state index contributed by atoms with van der Waals surface area (Å²) in [7, 11) is 1.95. The number of nitrogens with zero attached hydrogens (tertiary/aromatic N) is 1. The number of fused-ring (bicyclic) bond motifs is 1. The molecule has 168 valence electrons. The van der Waals surface area contributed by atoms with Gasteiger partial charge in [-0.3, -0.25) is 4.79 Å². The number of amides is 1. The van der Waals surface area contributed by atoms with Crippen LogP contribution in [0, 0.1) is 5.92 Å². The van der Waals surface area contributed by atoms with Gasteiger partial charge in [-0.15, -0.1) is 0 Å². The number of para-hydroxylation sites is 2. The monoisotopic (exact) mass is 442 g/mol. The van der Waals surface area contributed by atoms with Gasteiger partial charge in [0.05, 0.1) is 13.5 Å². The third-order valence-electron chi connectivity index (χ3n) is 6.83. The average Bonchev–Trinajstić information content (AvgIpc) is 2.86. The standard InChI is InChI=1S/C28H27NO4/c1-29(22-10-4-2-5-11-22,23-12-6-3-7-13-23)26(30)18-16-20-15-17-24-21(19-20)9-8-14-25(24)27(31)28(32)33/h2-14,20H,15-19H2,1H3/p+1. The Morgan fingerprint density at radius 2 is 1.48 bits per heavy atom. The summed E-state index contributed by atoms with van der Waals surface area (Å²) in [5, 5.41) is 9.11. The Balaban J connectivity index is 1.51. The van der Waals surface area contributed by atoms with Crippen molar-refractivity contribution in [3.05, 3.63) is 95.6 Å². The van der Waals surface area contributed by atoms with E-state index >= 15 is 0 Å². The molecule has 0 heterocycles. The number of hydrogen-bond donors (Lipinski definition) is 1. The van der Waals surface area contributed by atoms with E-state index in [1.165, 1.54) is 0 Å². The number of carboxylic acid groups (broad SMARTS) is 1. The van der Waals surface area contributed by atoms with Gasteiger partial charge in [-0.2, -0.15) is 4.48 Å². The fourth-order valence-corrected chi connectivity index (χ4v) is 4.90. The molecule has 0 aliphatic heterocycles. The van der Waals surface area contributed by atoms with Crippen LogP contribution in [0.2, 0.25) is 0 Å². The summed E-state index contributed by atoms with van der Waals surface area (Å²) in [6, 6.07) is 25.0. The van der Waals surface area contributed by atoms with E-state index in [4.69, 9.17) is 5.11 Å². The summed E-state index contributed by atoms with van der Waals surface area (Å²) >= 11 is 0. The molecule has 4 rings (SSSR count). The number of hydrogen-bond acceptors (Lipinski definition) is 3. The van der Waals surface area contributed by atoms with Crippen LogP contribution in [0.1, 0.15) is 40.7 Å². The largest absolute Gasteiger partial charge is 0.475 e. The van der Waals surface area contributed by atoms with Crippen molar-refractivity contribution in [1.29, 1.82) is 0 Å². The number of Topliss-reactive ketones (excluding diaryl/α,β-unsaturated/α-hetero) is 1. The molecule has 1 unspecified atom stereocenters. The van der Waals surface area contributed by atoms with Crippen LogP contribution >= 0.6 is 0 Å². The maximum atomic E-state index is 13.6. The molecule has 5 heteroatoms. The van der Waals surface area contributed by atoms with E-state index in [1.807, 2.05) is 73.8 Å². The van der Waals surface area contributed by atoms with Gasteiger partial charge in [-0.1, -0.05) is 54.6 Å². The molecule has 0 saturated carbocycles. The molecule has 5 nitrogen and oxygen atoms in total. The third kappa shape index (κ3) is 4.50. The summed E-state index contributed by atoms with van der Waals surface area (Å²) in [6.45, 7) is 0. The maximum absolute atomic E-state index is 13.6. The number of carbonyl (C=O) groups is 3. The van der Waals surface area contributed by atoms with Crippen LogP contribution in [-0.4, -0.2) is 29.8 Å². The van der Waals surface area contributed by atoms with Gasteiger partial charge in [0, 0.05) is 29.8 Å². The lowest BCUT2D eigenvalue weighted by molar-refractivity contribution is -0.132. The molecule has 0 bridgehead atoms. The maximum Gasteiger partial charge on any atom is 0.377 e. The van der Waals surface area contributed by atoms with Gasteiger partial charge >= 0.3 is 11.9 Å². The predicted molar refractivity (Wildman–Crippen MR) is 128 cm³/mol. The average molecular weight is 443 g/mol. The van der Waals surface area contributed by atoms with Crippen LogP contribution in [0.15, 0.2) is 78.9 Å². The number of aliphatic carboxylic acids is 1. The van der Waals surface area contributed by atoms with Crippen molar-refractivity contribution in [2.24, 2.45) is 5.92 Å². The van der Waals surface area contributed by atoms with Crippen LogP contribution in [0.25, 0.3) is 0 Å². The summed E-state index contributed by atoms with van der Waals surface area (Å²) in [4.78, 5) is 36.8. The molecule has 1 aliphatic carbocycles. The van der Waals surface area contributed by atoms with Crippen molar-refractivity contribution >= 4 is 29.0 Å². The molecule has 0 saturated heterocycles. The zero-order valence-corrected chi connectivity index (χ0v) is 18.7. The van der Waals surface area contributed by atoms with Crippen LogP contribution in [0.5, 0.6) is 0 Å². The van der Waals surface area contributed by atoms with Crippen molar-refractivity contribution in [3.63, 3.8) is 0 Å². The van der Waals surface area contributed by atoms with E-state index < -0.39 is 11.8 Å². The van der Waals surface area contributed by atoms with Gasteiger partial charge in [0.25, 0.3) is 5.78 Å². The second-order valence-corrected chi connectivity index (χ2v) is 8.80. The second kappa shape index (κ2) is 9.51. The first-order valence-electron chi connectivity index (χ1n) is 11.3.